The van der Waals surface area contributed by atoms with Crippen LogP contribution < -0.4 is 33.2 Å². The van der Waals surface area contributed by atoms with Crippen molar-refractivity contribution in [1.29, 1.82) is 0 Å². The number of carbonyl (C=O) groups is 6. The molecule has 1 rings (SSSR count). The van der Waals surface area contributed by atoms with E-state index in [9.17, 15) is 39.0 Å². The summed E-state index contributed by atoms with van der Waals surface area (Å²) in [4.78, 5) is 72.5. The number of carbonyl (C=O) groups excluding carboxylic acids is 4. The number of unbranched alkanes of at least 4 members (excludes halogenated alkanes) is 1. The van der Waals surface area contributed by atoms with Crippen LogP contribution in [0.25, 0.3) is 0 Å². The van der Waals surface area contributed by atoms with Crippen molar-refractivity contribution in [1.82, 2.24) is 16.0 Å². The summed E-state index contributed by atoms with van der Waals surface area (Å²) in [7, 11) is 0. The summed E-state index contributed by atoms with van der Waals surface area (Å²) in [5, 5.41) is 25.7. The number of rotatable bonds is 18. The molecule has 38 heavy (non-hydrogen) atoms. The third-order valence-corrected chi connectivity index (χ3v) is 5.53. The molecule has 0 radical (unpaired) electrons. The van der Waals surface area contributed by atoms with Gasteiger partial charge in [0.05, 0.1) is 12.5 Å². The molecule has 1 aromatic carbocycles. The summed E-state index contributed by atoms with van der Waals surface area (Å²) in [6, 6.07) is 3.19. The van der Waals surface area contributed by atoms with Crippen molar-refractivity contribution in [2.45, 2.75) is 69.1 Å². The van der Waals surface area contributed by atoms with E-state index in [0.29, 0.717) is 24.9 Å². The van der Waals surface area contributed by atoms with E-state index in [1.165, 1.54) is 0 Å². The second-order valence-corrected chi connectivity index (χ2v) is 8.71. The van der Waals surface area contributed by atoms with Crippen LogP contribution in [0, 0.1) is 0 Å². The minimum Gasteiger partial charge on any atom is -0.481 e. The first-order valence-corrected chi connectivity index (χ1v) is 12.1. The number of nitrogens with one attached hydrogen (secondary N) is 3. The first kappa shape index (κ1) is 32.0. The van der Waals surface area contributed by atoms with Crippen molar-refractivity contribution < 1.29 is 39.0 Å². The quantitative estimate of drug-likeness (QED) is 0.0953. The average molecular weight is 537 g/mol. The molecule has 1 aromatic rings. The van der Waals surface area contributed by atoms with E-state index < -0.39 is 66.2 Å². The van der Waals surface area contributed by atoms with Crippen LogP contribution in [-0.2, 0) is 35.2 Å². The molecule has 0 heterocycles. The Kier molecular flexibility index (Phi) is 14.0. The second kappa shape index (κ2) is 16.7. The van der Waals surface area contributed by atoms with Gasteiger partial charge in [0, 0.05) is 12.8 Å². The Morgan fingerprint density at radius 2 is 1.37 bits per heavy atom. The molecule has 14 heteroatoms. The number of benzene rings is 1. The van der Waals surface area contributed by atoms with E-state index in [1.807, 2.05) is 0 Å². The lowest BCUT2D eigenvalue weighted by atomic mass is 10.0. The van der Waals surface area contributed by atoms with Gasteiger partial charge in [-0.15, -0.1) is 0 Å². The molecule has 11 N–H and O–H groups in total. The van der Waals surface area contributed by atoms with Crippen molar-refractivity contribution in [3.63, 3.8) is 0 Å². The predicted molar refractivity (Wildman–Crippen MR) is 135 cm³/mol. The standard InChI is InChI=1S/C24H36N6O8/c25-11-5-4-8-16(24(37)38)28-23(36)18(13-20(32)33)30-22(35)17(12-14-6-2-1-3-7-14)29-21(34)15(26)9-10-19(27)31/h1-3,6-7,15-18H,4-5,8-13,25-26H2,(H2,27,31)(H,28,36)(H,29,34)(H,30,35)(H,32,33)(H,37,38). The molecule has 0 bridgehead atoms. The van der Waals surface area contributed by atoms with Crippen LogP contribution in [0.5, 0.6) is 0 Å². The SMILES string of the molecule is NCCCCC(NC(=O)C(CC(=O)O)NC(=O)C(Cc1ccccc1)NC(=O)C(N)CCC(N)=O)C(=O)O. The Balaban J connectivity index is 3.07. The molecule has 0 saturated carbocycles. The maximum Gasteiger partial charge on any atom is 0.326 e. The largest absolute Gasteiger partial charge is 0.481 e. The molecule has 0 aliphatic carbocycles. The highest BCUT2D eigenvalue weighted by Gasteiger charge is 2.31. The maximum atomic E-state index is 13.2. The van der Waals surface area contributed by atoms with Gasteiger partial charge in [-0.2, -0.15) is 0 Å². The van der Waals surface area contributed by atoms with Gasteiger partial charge >= 0.3 is 11.9 Å². The lowest BCUT2D eigenvalue weighted by Crippen LogP contribution is -2.58. The highest BCUT2D eigenvalue weighted by atomic mass is 16.4. The van der Waals surface area contributed by atoms with Gasteiger partial charge in [-0.1, -0.05) is 30.3 Å². The fraction of sp³-hybridized carbons (Fsp3) is 0.500. The minimum absolute atomic E-state index is 0.0286. The zero-order chi connectivity index (χ0) is 28.7. The fourth-order valence-corrected chi connectivity index (χ4v) is 3.45. The average Bonchev–Trinajstić information content (AvgIpc) is 2.85. The third kappa shape index (κ3) is 12.3. The summed E-state index contributed by atoms with van der Waals surface area (Å²) < 4.78 is 0. The summed E-state index contributed by atoms with van der Waals surface area (Å²) in [6.07, 6.45) is -0.0904. The van der Waals surface area contributed by atoms with E-state index in [4.69, 9.17) is 17.2 Å². The Labute approximate surface area is 219 Å². The van der Waals surface area contributed by atoms with Crippen LogP contribution in [0.4, 0.5) is 0 Å². The van der Waals surface area contributed by atoms with Gasteiger partial charge in [-0.3, -0.25) is 24.0 Å². The minimum atomic E-state index is -1.63. The van der Waals surface area contributed by atoms with Crippen LogP contribution >= 0.6 is 0 Å². The van der Waals surface area contributed by atoms with Crippen molar-refractivity contribution in [3.8, 4) is 0 Å². The highest BCUT2D eigenvalue weighted by molar-refractivity contribution is 5.95. The smallest absolute Gasteiger partial charge is 0.326 e. The van der Waals surface area contributed by atoms with Gasteiger partial charge in [-0.05, 0) is 37.8 Å². The molecule has 4 atom stereocenters. The summed E-state index contributed by atoms with van der Waals surface area (Å²) in [6.45, 7) is 0.332. The fourth-order valence-electron chi connectivity index (χ4n) is 3.45. The van der Waals surface area contributed by atoms with Crippen LogP contribution in [0.15, 0.2) is 30.3 Å². The summed E-state index contributed by atoms with van der Waals surface area (Å²) >= 11 is 0. The van der Waals surface area contributed by atoms with Crippen LogP contribution in [0.3, 0.4) is 0 Å². The monoisotopic (exact) mass is 536 g/mol. The van der Waals surface area contributed by atoms with E-state index in [2.05, 4.69) is 16.0 Å². The number of amides is 4. The number of carboxylic acid groups (broad SMARTS) is 2. The molecule has 14 nitrogen and oxygen atoms in total. The number of nitrogens with two attached hydrogens (primary N) is 3. The molecule has 0 fully saturated rings. The van der Waals surface area contributed by atoms with Crippen LogP contribution in [0.2, 0.25) is 0 Å². The lowest BCUT2D eigenvalue weighted by Gasteiger charge is -2.24. The Bertz CT molecular complexity index is 974. The van der Waals surface area contributed by atoms with E-state index >= 15 is 0 Å². The van der Waals surface area contributed by atoms with Crippen molar-refractivity contribution in [3.05, 3.63) is 35.9 Å². The maximum absolute atomic E-state index is 13.2. The molecular formula is C24H36N6O8. The first-order valence-electron chi connectivity index (χ1n) is 12.1. The number of carboxylic acids is 2. The third-order valence-electron chi connectivity index (χ3n) is 5.53. The van der Waals surface area contributed by atoms with Crippen molar-refractivity contribution >= 4 is 35.6 Å². The van der Waals surface area contributed by atoms with E-state index in [0.717, 1.165) is 0 Å². The second-order valence-electron chi connectivity index (χ2n) is 8.71. The van der Waals surface area contributed by atoms with E-state index in [-0.39, 0.29) is 25.7 Å². The topological polar surface area (TPSA) is 257 Å². The molecular weight excluding hydrogens is 500 g/mol. The lowest BCUT2D eigenvalue weighted by molar-refractivity contribution is -0.143. The summed E-state index contributed by atoms with van der Waals surface area (Å²) in [5.41, 5.74) is 16.9. The van der Waals surface area contributed by atoms with Gasteiger partial charge < -0.3 is 43.4 Å². The zero-order valence-corrected chi connectivity index (χ0v) is 20.9. The Morgan fingerprint density at radius 1 is 0.789 bits per heavy atom. The van der Waals surface area contributed by atoms with Gasteiger partial charge in [0.25, 0.3) is 0 Å². The molecule has 4 unspecified atom stereocenters. The van der Waals surface area contributed by atoms with Gasteiger partial charge in [-0.25, -0.2) is 4.79 Å². The van der Waals surface area contributed by atoms with Crippen LogP contribution in [0.1, 0.15) is 44.1 Å². The number of hydrogen-bond donors (Lipinski definition) is 8. The van der Waals surface area contributed by atoms with E-state index in [1.54, 1.807) is 30.3 Å². The normalized spacial score (nSPS) is 13.8. The molecule has 4 amide bonds. The van der Waals surface area contributed by atoms with Gasteiger partial charge in [0.2, 0.25) is 23.6 Å². The predicted octanol–water partition coefficient (Wildman–Crippen LogP) is -2.04. The van der Waals surface area contributed by atoms with Gasteiger partial charge in [0.1, 0.15) is 18.1 Å². The number of primary amides is 1. The molecule has 210 valence electrons. The van der Waals surface area contributed by atoms with Crippen LogP contribution in [-0.4, -0.2) is 76.5 Å². The number of aliphatic carboxylic acids is 2. The molecule has 0 aliphatic rings. The Morgan fingerprint density at radius 3 is 1.92 bits per heavy atom. The molecule has 0 aromatic heterocycles. The van der Waals surface area contributed by atoms with Crippen molar-refractivity contribution in [2.75, 3.05) is 6.54 Å². The zero-order valence-electron chi connectivity index (χ0n) is 20.9. The number of hydrogen-bond acceptors (Lipinski definition) is 8. The molecule has 0 spiro atoms. The highest BCUT2D eigenvalue weighted by Crippen LogP contribution is 2.07. The van der Waals surface area contributed by atoms with Gasteiger partial charge in [0.15, 0.2) is 0 Å². The van der Waals surface area contributed by atoms with Crippen molar-refractivity contribution in [2.24, 2.45) is 17.2 Å². The summed E-state index contributed by atoms with van der Waals surface area (Å²) in [5.74, 6) is -6.05. The Hall–Kier alpha value is -4.04. The first-order chi connectivity index (χ1) is 17.9. The molecule has 0 saturated heterocycles. The molecule has 0 aliphatic heterocycles.